The third kappa shape index (κ3) is 3.92. The number of hydrogen-bond donors (Lipinski definition) is 1. The first-order valence-corrected chi connectivity index (χ1v) is 7.93. The fourth-order valence-electron chi connectivity index (χ4n) is 2.25. The van der Waals surface area contributed by atoms with Gasteiger partial charge in [-0.1, -0.05) is 51.1 Å². The van der Waals surface area contributed by atoms with Crippen molar-refractivity contribution < 1.29 is 0 Å². The van der Waals surface area contributed by atoms with E-state index in [4.69, 9.17) is 0 Å². The molecule has 0 aliphatic heterocycles. The Morgan fingerprint density at radius 2 is 1.74 bits per heavy atom. The summed E-state index contributed by atoms with van der Waals surface area (Å²) in [5.41, 5.74) is 2.77. The fourth-order valence-corrected chi connectivity index (χ4v) is 3.23. The van der Waals surface area contributed by atoms with Crippen molar-refractivity contribution in [2.45, 2.75) is 39.8 Å². The van der Waals surface area contributed by atoms with Crippen LogP contribution in [-0.2, 0) is 13.0 Å². The van der Waals surface area contributed by atoms with Crippen molar-refractivity contribution in [1.29, 1.82) is 0 Å². The lowest BCUT2D eigenvalue weighted by atomic mass is 10.0. The molecule has 0 radical (unpaired) electrons. The van der Waals surface area contributed by atoms with Gasteiger partial charge in [0.25, 0.3) is 0 Å². The molecular formula is C17H23NS. The van der Waals surface area contributed by atoms with Gasteiger partial charge in [0.2, 0.25) is 0 Å². The van der Waals surface area contributed by atoms with Crippen LogP contribution in [0.3, 0.4) is 0 Å². The Hall–Kier alpha value is -1.12. The van der Waals surface area contributed by atoms with Gasteiger partial charge in [-0.05, 0) is 34.9 Å². The van der Waals surface area contributed by atoms with E-state index in [1.165, 1.54) is 16.0 Å². The van der Waals surface area contributed by atoms with E-state index in [-0.39, 0.29) is 0 Å². The molecule has 2 rings (SSSR count). The van der Waals surface area contributed by atoms with Gasteiger partial charge in [-0.15, -0.1) is 11.3 Å². The van der Waals surface area contributed by atoms with E-state index < -0.39 is 0 Å². The van der Waals surface area contributed by atoms with Crippen LogP contribution < -0.4 is 5.32 Å². The van der Waals surface area contributed by atoms with Crippen molar-refractivity contribution in [2.24, 2.45) is 5.92 Å². The van der Waals surface area contributed by atoms with E-state index in [1.54, 1.807) is 0 Å². The molecule has 1 atom stereocenters. The van der Waals surface area contributed by atoms with Crippen LogP contribution in [0.5, 0.6) is 0 Å². The molecule has 0 saturated heterocycles. The predicted octanol–water partition coefficient (Wildman–Crippen LogP) is 4.80. The smallest absolute Gasteiger partial charge is 0.0440 e. The van der Waals surface area contributed by atoms with E-state index in [9.17, 15) is 0 Å². The Bertz CT molecular complexity index is 470. The van der Waals surface area contributed by atoms with Gasteiger partial charge in [0.05, 0.1) is 0 Å². The molecule has 1 heterocycles. The molecule has 0 aliphatic rings. The Balaban J connectivity index is 1.98. The summed E-state index contributed by atoms with van der Waals surface area (Å²) in [6.45, 7) is 7.68. The monoisotopic (exact) mass is 273 g/mol. The number of thiophene rings is 1. The molecule has 19 heavy (non-hydrogen) atoms. The highest BCUT2D eigenvalue weighted by atomic mass is 32.1. The highest BCUT2D eigenvalue weighted by Gasteiger charge is 2.15. The standard InChI is InChI=1S/C17H23NS/c1-4-14-7-9-15(10-8-14)12-18-17(13(2)3)16-6-5-11-19-16/h5-11,13,17-18H,4,12H2,1-3H3. The second-order valence-corrected chi connectivity index (χ2v) is 6.27. The lowest BCUT2D eigenvalue weighted by molar-refractivity contribution is 0.416. The Labute approximate surface area is 120 Å². The summed E-state index contributed by atoms with van der Waals surface area (Å²) < 4.78 is 0. The van der Waals surface area contributed by atoms with Gasteiger partial charge in [-0.3, -0.25) is 0 Å². The molecule has 1 N–H and O–H groups in total. The number of nitrogens with one attached hydrogen (secondary N) is 1. The lowest BCUT2D eigenvalue weighted by Crippen LogP contribution is -2.24. The molecule has 0 spiro atoms. The minimum absolute atomic E-state index is 0.450. The third-order valence-electron chi connectivity index (χ3n) is 3.47. The summed E-state index contributed by atoms with van der Waals surface area (Å²) in [4.78, 5) is 1.43. The quantitative estimate of drug-likeness (QED) is 0.797. The highest BCUT2D eigenvalue weighted by molar-refractivity contribution is 7.10. The number of benzene rings is 1. The highest BCUT2D eigenvalue weighted by Crippen LogP contribution is 2.26. The molecule has 1 nitrogen and oxygen atoms in total. The summed E-state index contributed by atoms with van der Waals surface area (Å²) in [6, 6.07) is 13.7. The molecule has 1 aromatic carbocycles. The van der Waals surface area contributed by atoms with Crippen LogP contribution in [0.4, 0.5) is 0 Å². The first-order chi connectivity index (χ1) is 9.20. The zero-order valence-corrected chi connectivity index (χ0v) is 12.8. The number of rotatable bonds is 6. The van der Waals surface area contributed by atoms with Gasteiger partial charge in [-0.25, -0.2) is 0 Å². The third-order valence-corrected chi connectivity index (χ3v) is 4.43. The van der Waals surface area contributed by atoms with Crippen molar-refractivity contribution in [3.05, 3.63) is 57.8 Å². The molecule has 0 bridgehead atoms. The van der Waals surface area contributed by atoms with E-state index in [2.05, 4.69) is 67.9 Å². The largest absolute Gasteiger partial charge is 0.305 e. The zero-order chi connectivity index (χ0) is 13.7. The van der Waals surface area contributed by atoms with Crippen LogP contribution in [0.2, 0.25) is 0 Å². The van der Waals surface area contributed by atoms with Crippen LogP contribution >= 0.6 is 11.3 Å². The van der Waals surface area contributed by atoms with Crippen molar-refractivity contribution in [1.82, 2.24) is 5.32 Å². The molecule has 1 unspecified atom stereocenters. The molecule has 0 aliphatic carbocycles. The van der Waals surface area contributed by atoms with Crippen LogP contribution in [0, 0.1) is 5.92 Å². The van der Waals surface area contributed by atoms with Gasteiger partial charge < -0.3 is 5.32 Å². The van der Waals surface area contributed by atoms with Gasteiger partial charge in [-0.2, -0.15) is 0 Å². The Kier molecular flexibility index (Phi) is 5.17. The second-order valence-electron chi connectivity index (χ2n) is 5.29. The van der Waals surface area contributed by atoms with Crippen molar-refractivity contribution in [3.63, 3.8) is 0 Å². The van der Waals surface area contributed by atoms with Crippen molar-refractivity contribution in [3.8, 4) is 0 Å². The van der Waals surface area contributed by atoms with Gasteiger partial charge >= 0.3 is 0 Å². The normalized spacial score (nSPS) is 12.8. The first kappa shape index (κ1) is 14.3. The first-order valence-electron chi connectivity index (χ1n) is 7.05. The summed E-state index contributed by atoms with van der Waals surface area (Å²) in [6.07, 6.45) is 1.11. The van der Waals surface area contributed by atoms with Gasteiger partial charge in [0.1, 0.15) is 0 Å². The van der Waals surface area contributed by atoms with Crippen molar-refractivity contribution >= 4 is 11.3 Å². The number of aryl methyl sites for hydroxylation is 1. The molecule has 0 saturated carbocycles. The molecule has 0 fully saturated rings. The predicted molar refractivity (Wildman–Crippen MR) is 84.6 cm³/mol. The summed E-state index contributed by atoms with van der Waals surface area (Å²) in [7, 11) is 0. The summed E-state index contributed by atoms with van der Waals surface area (Å²) >= 11 is 1.84. The average Bonchev–Trinajstić information content (AvgIpc) is 2.93. The maximum absolute atomic E-state index is 3.69. The second kappa shape index (κ2) is 6.88. The zero-order valence-electron chi connectivity index (χ0n) is 12.0. The van der Waals surface area contributed by atoms with Crippen LogP contribution in [0.25, 0.3) is 0 Å². The van der Waals surface area contributed by atoms with Crippen molar-refractivity contribution in [2.75, 3.05) is 0 Å². The fraction of sp³-hybridized carbons (Fsp3) is 0.412. The van der Waals surface area contributed by atoms with Crippen LogP contribution in [0.1, 0.15) is 42.8 Å². The topological polar surface area (TPSA) is 12.0 Å². The van der Waals surface area contributed by atoms with E-state index in [0.29, 0.717) is 12.0 Å². The van der Waals surface area contributed by atoms with Crippen LogP contribution in [0.15, 0.2) is 41.8 Å². The Morgan fingerprint density at radius 1 is 1.05 bits per heavy atom. The molecule has 2 heteroatoms. The maximum atomic E-state index is 3.69. The Morgan fingerprint density at radius 3 is 2.26 bits per heavy atom. The molecule has 0 amide bonds. The number of hydrogen-bond acceptors (Lipinski definition) is 2. The molecule has 1 aromatic heterocycles. The van der Waals surface area contributed by atoms with Gasteiger partial charge in [0, 0.05) is 17.5 Å². The van der Waals surface area contributed by atoms with Crippen LogP contribution in [-0.4, -0.2) is 0 Å². The summed E-state index contributed by atoms with van der Waals surface area (Å²) in [5.74, 6) is 0.605. The minimum Gasteiger partial charge on any atom is -0.305 e. The van der Waals surface area contributed by atoms with Gasteiger partial charge in [0.15, 0.2) is 0 Å². The maximum Gasteiger partial charge on any atom is 0.0440 e. The average molecular weight is 273 g/mol. The molecular weight excluding hydrogens is 250 g/mol. The molecule has 2 aromatic rings. The summed E-state index contributed by atoms with van der Waals surface area (Å²) in [5, 5.41) is 5.84. The lowest BCUT2D eigenvalue weighted by Gasteiger charge is -2.21. The molecule has 102 valence electrons. The minimum atomic E-state index is 0.450. The van der Waals surface area contributed by atoms with E-state index >= 15 is 0 Å². The SMILES string of the molecule is CCc1ccc(CNC(c2cccs2)C(C)C)cc1. The van der Waals surface area contributed by atoms with E-state index in [0.717, 1.165) is 13.0 Å². The van der Waals surface area contributed by atoms with E-state index in [1.807, 2.05) is 11.3 Å².